The molecule has 4 N–H and O–H groups in total. The first kappa shape index (κ1) is 31.4. The maximum Gasteiger partial charge on any atom is 0.490 e. The molecule has 0 saturated carbocycles. The van der Waals surface area contributed by atoms with Gasteiger partial charge in [-0.1, -0.05) is 36.4 Å². The van der Waals surface area contributed by atoms with E-state index in [-0.39, 0.29) is 16.5 Å². The van der Waals surface area contributed by atoms with Crippen LogP contribution in [-0.4, -0.2) is 62.7 Å². The number of pyridine rings is 1. The van der Waals surface area contributed by atoms with E-state index in [1.807, 2.05) is 49.1 Å². The summed E-state index contributed by atoms with van der Waals surface area (Å²) in [6, 6.07) is 16.2. The lowest BCUT2D eigenvalue weighted by Crippen LogP contribution is -2.44. The number of amides is 1. The van der Waals surface area contributed by atoms with Crippen molar-refractivity contribution in [1.29, 1.82) is 0 Å². The molecule has 1 aliphatic heterocycles. The summed E-state index contributed by atoms with van der Waals surface area (Å²) >= 11 is 0. The van der Waals surface area contributed by atoms with E-state index in [4.69, 9.17) is 9.90 Å². The van der Waals surface area contributed by atoms with E-state index in [0.29, 0.717) is 31.0 Å². The number of aromatic nitrogens is 1. The Hall–Kier alpha value is -4.17. The molecular formula is C27H30F3N5O5S. The highest BCUT2D eigenvalue weighted by Crippen LogP contribution is 2.25. The molecule has 220 valence electrons. The molecule has 1 aliphatic rings. The van der Waals surface area contributed by atoms with E-state index in [2.05, 4.69) is 20.3 Å². The smallest absolute Gasteiger partial charge is 0.475 e. The zero-order valence-corrected chi connectivity index (χ0v) is 23.1. The van der Waals surface area contributed by atoms with Gasteiger partial charge in [0.15, 0.2) is 0 Å². The van der Waals surface area contributed by atoms with Gasteiger partial charge < -0.3 is 20.6 Å². The van der Waals surface area contributed by atoms with Crippen LogP contribution >= 0.6 is 0 Å². The second-order valence-corrected chi connectivity index (χ2v) is 10.8. The molecule has 0 spiro atoms. The van der Waals surface area contributed by atoms with Crippen LogP contribution in [0.2, 0.25) is 0 Å². The lowest BCUT2D eigenvalue weighted by atomic mass is 10.1. The van der Waals surface area contributed by atoms with E-state index < -0.39 is 22.2 Å². The monoisotopic (exact) mass is 593 g/mol. The quantitative estimate of drug-likeness (QED) is 0.327. The first-order valence-electron chi connectivity index (χ1n) is 12.5. The van der Waals surface area contributed by atoms with Gasteiger partial charge in [-0.2, -0.15) is 13.2 Å². The largest absolute Gasteiger partial charge is 0.490 e. The molecule has 2 heterocycles. The number of nitrogens with zero attached hydrogens (tertiary/aromatic N) is 2. The van der Waals surface area contributed by atoms with Crippen LogP contribution in [0.4, 0.5) is 24.7 Å². The minimum Gasteiger partial charge on any atom is -0.475 e. The zero-order chi connectivity index (χ0) is 30.2. The molecule has 1 saturated heterocycles. The Labute approximate surface area is 235 Å². The number of piperazine rings is 1. The number of carboxylic acid groups (broad SMARTS) is 1. The maximum absolute atomic E-state index is 13.2. The zero-order valence-electron chi connectivity index (χ0n) is 22.3. The standard InChI is InChI=1S/C25H29N5O3S.C2HF3O2/c1-18-8-9-22(14-19(18)2)34(32,33)29-21-15-23(24(27-17-21)30-12-10-26-11-13-30)25(31)28-16-20-6-4-3-5-7-20;3-2(4,5)1(6)7/h3-9,14-15,17,26,29H,10-13,16H2,1-2H3,(H,28,31);(H,6,7). The first-order chi connectivity index (χ1) is 19.3. The number of carbonyl (C=O) groups excluding carboxylic acids is 1. The van der Waals surface area contributed by atoms with Crippen LogP contribution in [0.3, 0.4) is 0 Å². The van der Waals surface area contributed by atoms with Crippen LogP contribution in [0.5, 0.6) is 0 Å². The van der Waals surface area contributed by atoms with Gasteiger partial charge in [-0.3, -0.25) is 9.52 Å². The summed E-state index contributed by atoms with van der Waals surface area (Å²) in [5.41, 5.74) is 3.44. The Kier molecular flexibility index (Phi) is 10.3. The van der Waals surface area contributed by atoms with E-state index in [0.717, 1.165) is 29.8 Å². The predicted molar refractivity (Wildman–Crippen MR) is 147 cm³/mol. The summed E-state index contributed by atoms with van der Waals surface area (Å²) in [6.45, 7) is 7.14. The number of aliphatic carboxylic acids is 1. The first-order valence-corrected chi connectivity index (χ1v) is 13.9. The number of carbonyl (C=O) groups is 2. The van der Waals surface area contributed by atoms with Crippen molar-refractivity contribution in [1.82, 2.24) is 15.6 Å². The van der Waals surface area contributed by atoms with Gasteiger partial charge in [0.1, 0.15) is 5.82 Å². The van der Waals surface area contributed by atoms with Crippen LogP contribution in [0, 0.1) is 13.8 Å². The number of hydrogen-bond donors (Lipinski definition) is 4. The third-order valence-corrected chi connectivity index (χ3v) is 7.49. The molecule has 41 heavy (non-hydrogen) atoms. The van der Waals surface area contributed by atoms with Crippen LogP contribution in [-0.2, 0) is 21.4 Å². The Morgan fingerprint density at radius 2 is 1.66 bits per heavy atom. The summed E-state index contributed by atoms with van der Waals surface area (Å²) in [4.78, 5) is 28.8. The molecule has 1 amide bonds. The van der Waals surface area contributed by atoms with Gasteiger partial charge in [0.05, 0.1) is 22.3 Å². The molecule has 0 bridgehead atoms. The lowest BCUT2D eigenvalue weighted by molar-refractivity contribution is -0.192. The molecule has 0 aliphatic carbocycles. The van der Waals surface area contributed by atoms with Gasteiger partial charge in [0.2, 0.25) is 0 Å². The molecule has 0 radical (unpaired) electrons. The summed E-state index contributed by atoms with van der Waals surface area (Å²) in [6.07, 6.45) is -3.62. The SMILES string of the molecule is Cc1ccc(S(=O)(=O)Nc2cnc(N3CCNCC3)c(C(=O)NCc3ccccc3)c2)cc1C.O=C(O)C(F)(F)F. The topological polar surface area (TPSA) is 141 Å². The third kappa shape index (κ3) is 8.91. The van der Waals surface area contributed by atoms with Crippen molar-refractivity contribution in [2.24, 2.45) is 0 Å². The summed E-state index contributed by atoms with van der Waals surface area (Å²) in [5, 5.41) is 13.3. The summed E-state index contributed by atoms with van der Waals surface area (Å²) < 4.78 is 60.3. The second kappa shape index (κ2) is 13.5. The lowest BCUT2D eigenvalue weighted by Gasteiger charge is -2.30. The molecule has 4 rings (SSSR count). The van der Waals surface area contributed by atoms with Crippen molar-refractivity contribution < 1.29 is 36.3 Å². The molecule has 0 atom stereocenters. The number of carboxylic acids is 1. The van der Waals surface area contributed by atoms with Gasteiger partial charge in [-0.05, 0) is 48.7 Å². The van der Waals surface area contributed by atoms with Crippen LogP contribution in [0.1, 0.15) is 27.0 Å². The Morgan fingerprint density at radius 1 is 1.02 bits per heavy atom. The molecular weight excluding hydrogens is 563 g/mol. The van der Waals surface area contributed by atoms with Gasteiger partial charge in [0.25, 0.3) is 15.9 Å². The highest BCUT2D eigenvalue weighted by molar-refractivity contribution is 7.92. The number of rotatable bonds is 7. The second-order valence-electron chi connectivity index (χ2n) is 9.15. The van der Waals surface area contributed by atoms with Crippen molar-refractivity contribution >= 4 is 33.4 Å². The number of anilines is 2. The van der Waals surface area contributed by atoms with E-state index in [9.17, 15) is 26.4 Å². The molecule has 2 aromatic carbocycles. The Bertz CT molecular complexity index is 1480. The van der Waals surface area contributed by atoms with Gasteiger partial charge >= 0.3 is 12.1 Å². The molecule has 1 fully saturated rings. The average molecular weight is 594 g/mol. The summed E-state index contributed by atoms with van der Waals surface area (Å²) in [7, 11) is -3.83. The minimum atomic E-state index is -5.08. The van der Waals surface area contributed by atoms with Crippen LogP contribution < -0.4 is 20.3 Å². The Balaban J connectivity index is 0.000000587. The minimum absolute atomic E-state index is 0.164. The van der Waals surface area contributed by atoms with Crippen molar-refractivity contribution in [3.63, 3.8) is 0 Å². The van der Waals surface area contributed by atoms with Gasteiger partial charge in [-0.25, -0.2) is 18.2 Å². The van der Waals surface area contributed by atoms with E-state index in [1.54, 1.807) is 24.3 Å². The number of halogens is 3. The number of sulfonamides is 1. The number of alkyl halides is 3. The Morgan fingerprint density at radius 3 is 2.24 bits per heavy atom. The molecule has 10 nitrogen and oxygen atoms in total. The van der Waals surface area contributed by atoms with Gasteiger partial charge in [0, 0.05) is 32.7 Å². The fourth-order valence-electron chi connectivity index (χ4n) is 3.78. The number of nitrogens with one attached hydrogen (secondary N) is 3. The summed E-state index contributed by atoms with van der Waals surface area (Å²) in [5.74, 6) is -2.52. The normalized spacial score (nSPS) is 13.5. The highest BCUT2D eigenvalue weighted by Gasteiger charge is 2.38. The number of aryl methyl sites for hydroxylation is 2. The molecule has 1 aromatic heterocycles. The van der Waals surface area contributed by atoms with Gasteiger partial charge in [-0.15, -0.1) is 0 Å². The fraction of sp³-hybridized carbons (Fsp3) is 0.296. The van der Waals surface area contributed by atoms with Crippen molar-refractivity contribution in [3.05, 3.63) is 83.0 Å². The van der Waals surface area contributed by atoms with Crippen LogP contribution in [0.15, 0.2) is 65.7 Å². The molecule has 3 aromatic rings. The molecule has 14 heteroatoms. The van der Waals surface area contributed by atoms with Crippen molar-refractivity contribution in [2.75, 3.05) is 35.8 Å². The van der Waals surface area contributed by atoms with E-state index in [1.165, 1.54) is 6.20 Å². The fourth-order valence-corrected chi connectivity index (χ4v) is 4.90. The van der Waals surface area contributed by atoms with Crippen LogP contribution in [0.25, 0.3) is 0 Å². The van der Waals surface area contributed by atoms with Crippen molar-refractivity contribution in [3.8, 4) is 0 Å². The predicted octanol–water partition coefficient (Wildman–Crippen LogP) is 3.47. The highest BCUT2D eigenvalue weighted by atomic mass is 32.2. The average Bonchev–Trinajstić information content (AvgIpc) is 2.94. The van der Waals surface area contributed by atoms with E-state index >= 15 is 0 Å². The maximum atomic E-state index is 13.2. The number of hydrogen-bond acceptors (Lipinski definition) is 7. The third-order valence-electron chi connectivity index (χ3n) is 6.11. The number of benzene rings is 2. The molecule has 0 unspecified atom stereocenters. The van der Waals surface area contributed by atoms with Crippen molar-refractivity contribution in [2.45, 2.75) is 31.5 Å².